The van der Waals surface area contributed by atoms with Crippen LogP contribution in [0.15, 0.2) is 0 Å². The van der Waals surface area contributed by atoms with Gasteiger partial charge in [0.25, 0.3) is 0 Å². The summed E-state index contributed by atoms with van der Waals surface area (Å²) < 4.78 is 31.6. The van der Waals surface area contributed by atoms with Crippen LogP contribution in [0.2, 0.25) is 0 Å². The molecular formula is C13H26N2O3S. The Bertz CT molecular complexity index is 368. The molecule has 0 radical (unpaired) electrons. The van der Waals surface area contributed by atoms with Crippen molar-refractivity contribution in [2.75, 3.05) is 32.0 Å². The molecular weight excluding hydrogens is 264 g/mol. The Kier molecular flexibility index (Phi) is 5.62. The average molecular weight is 290 g/mol. The molecule has 1 saturated heterocycles. The molecule has 1 saturated carbocycles. The Morgan fingerprint density at radius 2 is 2.11 bits per heavy atom. The van der Waals surface area contributed by atoms with Crippen LogP contribution in [0.1, 0.15) is 39.0 Å². The fourth-order valence-electron chi connectivity index (χ4n) is 2.34. The maximum Gasteiger partial charge on any atom is 0.214 e. The van der Waals surface area contributed by atoms with E-state index in [1.54, 1.807) is 4.31 Å². The molecule has 5 nitrogen and oxygen atoms in total. The Labute approximate surface area is 116 Å². The molecule has 0 aromatic rings. The summed E-state index contributed by atoms with van der Waals surface area (Å²) in [6, 6.07) is 0.709. The molecule has 2 rings (SSSR count). The zero-order valence-corrected chi connectivity index (χ0v) is 12.6. The van der Waals surface area contributed by atoms with Gasteiger partial charge in [0.1, 0.15) is 0 Å². The fraction of sp³-hybridized carbons (Fsp3) is 1.00. The van der Waals surface area contributed by atoms with E-state index in [1.807, 2.05) is 6.92 Å². The van der Waals surface area contributed by atoms with E-state index in [1.165, 1.54) is 12.8 Å². The van der Waals surface area contributed by atoms with E-state index in [9.17, 15) is 8.42 Å². The van der Waals surface area contributed by atoms with Crippen LogP contribution in [0.3, 0.4) is 0 Å². The lowest BCUT2D eigenvalue weighted by atomic mass is 10.3. The number of rotatable bonds is 7. The Balaban J connectivity index is 1.69. The Morgan fingerprint density at radius 3 is 2.84 bits per heavy atom. The van der Waals surface area contributed by atoms with Crippen LogP contribution >= 0.6 is 0 Å². The summed E-state index contributed by atoms with van der Waals surface area (Å²) in [6.45, 7) is 4.65. The highest BCUT2D eigenvalue weighted by Crippen LogP contribution is 2.18. The molecule has 6 heteroatoms. The highest BCUT2D eigenvalue weighted by atomic mass is 32.2. The summed E-state index contributed by atoms with van der Waals surface area (Å²) in [5, 5.41) is 3.41. The number of unbranched alkanes of at least 4 members (excludes halogenated alkanes) is 1. The first-order valence-electron chi connectivity index (χ1n) is 7.41. The minimum Gasteiger partial charge on any atom is -0.377 e. The van der Waals surface area contributed by atoms with Crippen molar-refractivity contribution in [2.24, 2.45) is 0 Å². The molecule has 2 aliphatic rings. The minimum atomic E-state index is -3.10. The van der Waals surface area contributed by atoms with Gasteiger partial charge < -0.3 is 10.1 Å². The van der Waals surface area contributed by atoms with Gasteiger partial charge in [0, 0.05) is 25.7 Å². The maximum atomic E-state index is 12.2. The van der Waals surface area contributed by atoms with Gasteiger partial charge in [-0.05, 0) is 45.6 Å². The summed E-state index contributed by atoms with van der Waals surface area (Å²) in [6.07, 6.45) is 5.05. The molecule has 0 spiro atoms. The molecule has 0 aromatic heterocycles. The van der Waals surface area contributed by atoms with Crippen molar-refractivity contribution in [3.05, 3.63) is 0 Å². The molecule has 0 bridgehead atoms. The van der Waals surface area contributed by atoms with Crippen molar-refractivity contribution < 1.29 is 13.2 Å². The van der Waals surface area contributed by atoms with Gasteiger partial charge >= 0.3 is 0 Å². The predicted octanol–water partition coefficient (Wildman–Crippen LogP) is 0.959. The molecule has 19 heavy (non-hydrogen) atoms. The molecule has 1 aliphatic carbocycles. The summed E-state index contributed by atoms with van der Waals surface area (Å²) in [7, 11) is -3.10. The zero-order valence-electron chi connectivity index (χ0n) is 11.8. The van der Waals surface area contributed by atoms with E-state index in [4.69, 9.17) is 4.74 Å². The average Bonchev–Trinajstić information content (AvgIpc) is 3.16. The second kappa shape index (κ2) is 7.02. The summed E-state index contributed by atoms with van der Waals surface area (Å²) in [5.74, 6) is 0.270. The highest BCUT2D eigenvalue weighted by Gasteiger charge is 2.25. The molecule has 1 heterocycles. The predicted molar refractivity (Wildman–Crippen MR) is 75.6 cm³/mol. The molecule has 1 N–H and O–H groups in total. The molecule has 112 valence electrons. The molecule has 1 aliphatic heterocycles. The summed E-state index contributed by atoms with van der Waals surface area (Å²) in [5.41, 5.74) is 0. The summed E-state index contributed by atoms with van der Waals surface area (Å²) in [4.78, 5) is 0. The van der Waals surface area contributed by atoms with Gasteiger partial charge in [-0.2, -0.15) is 4.31 Å². The second-order valence-corrected chi connectivity index (χ2v) is 7.73. The van der Waals surface area contributed by atoms with Crippen LogP contribution in [-0.4, -0.2) is 56.9 Å². The monoisotopic (exact) mass is 290 g/mol. The second-order valence-electron chi connectivity index (χ2n) is 5.64. The number of sulfonamides is 1. The highest BCUT2D eigenvalue weighted by molar-refractivity contribution is 7.89. The largest absolute Gasteiger partial charge is 0.377 e. The minimum absolute atomic E-state index is 0.00816. The van der Waals surface area contributed by atoms with Gasteiger partial charge in [0.2, 0.25) is 10.0 Å². The quantitative estimate of drug-likeness (QED) is 0.710. The van der Waals surface area contributed by atoms with Crippen LogP contribution in [0.5, 0.6) is 0 Å². The third-order valence-corrected chi connectivity index (χ3v) is 5.57. The van der Waals surface area contributed by atoms with E-state index in [-0.39, 0.29) is 11.9 Å². The van der Waals surface area contributed by atoms with Gasteiger partial charge in [0.05, 0.1) is 11.9 Å². The van der Waals surface area contributed by atoms with Crippen LogP contribution in [0.25, 0.3) is 0 Å². The number of ether oxygens (including phenoxy) is 1. The SMILES string of the molecule is CC1CN(S(=O)(=O)CCCCNC2CC2)CCCO1. The number of hydrogen-bond acceptors (Lipinski definition) is 4. The van der Waals surface area contributed by atoms with E-state index in [0.717, 1.165) is 25.8 Å². The first-order chi connectivity index (χ1) is 9.08. The van der Waals surface area contributed by atoms with Gasteiger partial charge in [-0.15, -0.1) is 0 Å². The number of nitrogens with zero attached hydrogens (tertiary/aromatic N) is 1. The van der Waals surface area contributed by atoms with Crippen molar-refractivity contribution >= 4 is 10.0 Å². The molecule has 1 atom stereocenters. The standard InChI is InChI=1S/C13H26N2O3S/c1-12-11-15(8-4-9-18-12)19(16,17)10-3-2-7-14-13-5-6-13/h12-14H,2-11H2,1H3. The third-order valence-electron chi connectivity index (χ3n) is 3.65. The van der Waals surface area contributed by atoms with Crippen molar-refractivity contribution in [1.82, 2.24) is 9.62 Å². The normalized spacial score (nSPS) is 26.3. The smallest absolute Gasteiger partial charge is 0.214 e. The number of hydrogen-bond donors (Lipinski definition) is 1. The van der Waals surface area contributed by atoms with Gasteiger partial charge in [0.15, 0.2) is 0 Å². The maximum absolute atomic E-state index is 12.2. The first kappa shape index (κ1) is 15.2. The molecule has 0 amide bonds. The zero-order chi connectivity index (χ0) is 13.7. The third kappa shape index (κ3) is 5.38. The van der Waals surface area contributed by atoms with Crippen LogP contribution in [0, 0.1) is 0 Å². The molecule has 0 aromatic carbocycles. The van der Waals surface area contributed by atoms with Crippen LogP contribution in [0.4, 0.5) is 0 Å². The lowest BCUT2D eigenvalue weighted by Gasteiger charge is -2.21. The van der Waals surface area contributed by atoms with Crippen molar-refractivity contribution in [1.29, 1.82) is 0 Å². The Hall–Kier alpha value is -0.170. The van der Waals surface area contributed by atoms with Gasteiger partial charge in [-0.3, -0.25) is 0 Å². The van der Waals surface area contributed by atoms with E-state index in [0.29, 0.717) is 25.7 Å². The number of nitrogens with one attached hydrogen (secondary N) is 1. The van der Waals surface area contributed by atoms with Gasteiger partial charge in [-0.25, -0.2) is 8.42 Å². The topological polar surface area (TPSA) is 58.6 Å². The molecule has 1 unspecified atom stereocenters. The lowest BCUT2D eigenvalue weighted by Crippen LogP contribution is -2.37. The van der Waals surface area contributed by atoms with Crippen LogP contribution < -0.4 is 5.32 Å². The van der Waals surface area contributed by atoms with Gasteiger partial charge in [-0.1, -0.05) is 0 Å². The fourth-order valence-corrected chi connectivity index (χ4v) is 4.01. The van der Waals surface area contributed by atoms with Crippen molar-refractivity contribution in [2.45, 2.75) is 51.2 Å². The molecule has 2 fully saturated rings. The van der Waals surface area contributed by atoms with Crippen molar-refractivity contribution in [3.63, 3.8) is 0 Å². The lowest BCUT2D eigenvalue weighted by molar-refractivity contribution is 0.0752. The Morgan fingerprint density at radius 1 is 1.32 bits per heavy atom. The summed E-state index contributed by atoms with van der Waals surface area (Å²) >= 11 is 0. The van der Waals surface area contributed by atoms with E-state index in [2.05, 4.69) is 5.32 Å². The van der Waals surface area contributed by atoms with Crippen molar-refractivity contribution in [3.8, 4) is 0 Å². The van der Waals surface area contributed by atoms with Crippen LogP contribution in [-0.2, 0) is 14.8 Å². The van der Waals surface area contributed by atoms with E-state index < -0.39 is 10.0 Å². The van der Waals surface area contributed by atoms with E-state index >= 15 is 0 Å². The first-order valence-corrected chi connectivity index (χ1v) is 9.01.